The summed E-state index contributed by atoms with van der Waals surface area (Å²) in [5.41, 5.74) is 0. The predicted molar refractivity (Wildman–Crippen MR) is 62.5 cm³/mol. The molecule has 2 N–H and O–H groups in total. The molecule has 1 fully saturated rings. The minimum Gasteiger partial charge on any atom is -0.396 e. The van der Waals surface area contributed by atoms with Crippen LogP contribution < -0.4 is 5.32 Å². The highest BCUT2D eigenvalue weighted by Crippen LogP contribution is 2.22. The van der Waals surface area contributed by atoms with Crippen LogP contribution in [0.1, 0.15) is 52.4 Å². The van der Waals surface area contributed by atoms with Crippen LogP contribution >= 0.6 is 0 Å². The third-order valence-corrected chi connectivity index (χ3v) is 2.96. The number of rotatable bonds is 2. The van der Waals surface area contributed by atoms with Gasteiger partial charge in [0, 0.05) is 12.6 Å². The lowest BCUT2D eigenvalue weighted by Gasteiger charge is -2.19. The van der Waals surface area contributed by atoms with Crippen molar-refractivity contribution in [2.24, 2.45) is 5.92 Å². The molecule has 0 radical (unpaired) electrons. The van der Waals surface area contributed by atoms with Crippen LogP contribution in [-0.2, 0) is 0 Å². The molecule has 1 aliphatic carbocycles. The Morgan fingerprint density at radius 3 is 2.29 bits per heavy atom. The fraction of sp³-hybridized carbons (Fsp3) is 1.00. The lowest BCUT2D eigenvalue weighted by Crippen LogP contribution is -2.30. The molecular formula is C12H27NO. The second kappa shape index (κ2) is 9.47. The fourth-order valence-corrected chi connectivity index (χ4v) is 1.92. The fourth-order valence-electron chi connectivity index (χ4n) is 1.92. The van der Waals surface area contributed by atoms with Crippen molar-refractivity contribution in [3.63, 3.8) is 0 Å². The Kier molecular flexibility index (Phi) is 9.42. The van der Waals surface area contributed by atoms with Crippen molar-refractivity contribution in [1.82, 2.24) is 5.32 Å². The monoisotopic (exact) mass is 201 g/mol. The van der Waals surface area contributed by atoms with Gasteiger partial charge in [-0.1, -0.05) is 33.1 Å². The highest BCUT2D eigenvalue weighted by atomic mass is 16.2. The first-order chi connectivity index (χ1) is 6.76. The van der Waals surface area contributed by atoms with Crippen molar-refractivity contribution in [2.75, 3.05) is 13.7 Å². The molecule has 14 heavy (non-hydrogen) atoms. The first kappa shape index (κ1) is 13.9. The van der Waals surface area contributed by atoms with E-state index in [-0.39, 0.29) is 0 Å². The summed E-state index contributed by atoms with van der Waals surface area (Å²) in [6, 6.07) is 0.794. The lowest BCUT2D eigenvalue weighted by atomic mass is 9.97. The quantitative estimate of drug-likeness (QED) is 0.673. The van der Waals surface area contributed by atoms with E-state index in [0.717, 1.165) is 18.4 Å². The Labute approximate surface area is 89.1 Å². The zero-order valence-electron chi connectivity index (χ0n) is 10.1. The van der Waals surface area contributed by atoms with Crippen LogP contribution in [0, 0.1) is 5.92 Å². The SMILES string of the molecule is CCCO.CNC1CCCCCC1C. The van der Waals surface area contributed by atoms with Gasteiger partial charge < -0.3 is 10.4 Å². The van der Waals surface area contributed by atoms with Gasteiger partial charge >= 0.3 is 0 Å². The average molecular weight is 201 g/mol. The maximum Gasteiger partial charge on any atom is 0.0428 e. The van der Waals surface area contributed by atoms with E-state index in [0.29, 0.717) is 6.61 Å². The topological polar surface area (TPSA) is 32.3 Å². The lowest BCUT2D eigenvalue weighted by molar-refractivity contribution is 0.295. The number of hydrogen-bond donors (Lipinski definition) is 2. The summed E-state index contributed by atoms with van der Waals surface area (Å²) in [4.78, 5) is 0. The predicted octanol–water partition coefficient (Wildman–Crippen LogP) is 2.56. The molecule has 1 rings (SSSR count). The Hall–Kier alpha value is -0.0800. The molecule has 1 aliphatic rings. The summed E-state index contributed by atoms with van der Waals surface area (Å²) in [7, 11) is 2.09. The highest BCUT2D eigenvalue weighted by molar-refractivity contribution is 4.74. The van der Waals surface area contributed by atoms with Crippen molar-refractivity contribution in [3.05, 3.63) is 0 Å². The zero-order chi connectivity index (χ0) is 10.8. The van der Waals surface area contributed by atoms with Gasteiger partial charge in [-0.25, -0.2) is 0 Å². The van der Waals surface area contributed by atoms with E-state index in [1.807, 2.05) is 6.92 Å². The average Bonchev–Trinajstić information content (AvgIpc) is 2.43. The highest BCUT2D eigenvalue weighted by Gasteiger charge is 2.17. The van der Waals surface area contributed by atoms with Gasteiger partial charge in [0.25, 0.3) is 0 Å². The van der Waals surface area contributed by atoms with Gasteiger partial charge in [-0.2, -0.15) is 0 Å². The summed E-state index contributed by atoms with van der Waals surface area (Å²) < 4.78 is 0. The standard InChI is InChI=1S/C9H19N.C3H8O/c1-8-6-4-3-5-7-9(8)10-2;1-2-3-4/h8-10H,3-7H2,1-2H3;4H,2-3H2,1H3. The van der Waals surface area contributed by atoms with Crippen molar-refractivity contribution < 1.29 is 5.11 Å². The maximum absolute atomic E-state index is 7.88. The van der Waals surface area contributed by atoms with Gasteiger partial charge in [-0.05, 0) is 32.2 Å². The van der Waals surface area contributed by atoms with E-state index < -0.39 is 0 Å². The maximum atomic E-state index is 7.88. The smallest absolute Gasteiger partial charge is 0.0428 e. The molecule has 2 atom stereocenters. The molecule has 1 saturated carbocycles. The van der Waals surface area contributed by atoms with Gasteiger partial charge in [0.15, 0.2) is 0 Å². The molecule has 0 bridgehead atoms. The third-order valence-electron chi connectivity index (χ3n) is 2.96. The van der Waals surface area contributed by atoms with Crippen molar-refractivity contribution in [2.45, 2.75) is 58.4 Å². The Bertz CT molecular complexity index is 115. The number of hydrogen-bond acceptors (Lipinski definition) is 2. The first-order valence-electron chi connectivity index (χ1n) is 6.04. The molecule has 2 heteroatoms. The molecule has 0 spiro atoms. The van der Waals surface area contributed by atoms with Gasteiger partial charge in [-0.15, -0.1) is 0 Å². The van der Waals surface area contributed by atoms with Gasteiger partial charge in [-0.3, -0.25) is 0 Å². The molecule has 86 valence electrons. The van der Waals surface area contributed by atoms with Crippen LogP contribution in [0.3, 0.4) is 0 Å². The summed E-state index contributed by atoms with van der Waals surface area (Å²) in [5, 5.41) is 11.3. The second-order valence-electron chi connectivity index (χ2n) is 4.23. The van der Waals surface area contributed by atoms with Crippen LogP contribution in [0.4, 0.5) is 0 Å². The molecule has 0 amide bonds. The Morgan fingerprint density at radius 1 is 1.21 bits per heavy atom. The summed E-state index contributed by atoms with van der Waals surface area (Å²) in [6.45, 7) is 4.62. The van der Waals surface area contributed by atoms with Gasteiger partial charge in [0.05, 0.1) is 0 Å². The summed E-state index contributed by atoms with van der Waals surface area (Å²) >= 11 is 0. The second-order valence-corrected chi connectivity index (χ2v) is 4.23. The van der Waals surface area contributed by atoms with Crippen molar-refractivity contribution in [1.29, 1.82) is 0 Å². The molecular weight excluding hydrogens is 174 g/mol. The first-order valence-corrected chi connectivity index (χ1v) is 6.04. The minimum atomic E-state index is 0.319. The summed E-state index contributed by atoms with van der Waals surface area (Å²) in [5.74, 6) is 0.896. The molecule has 2 nitrogen and oxygen atoms in total. The van der Waals surface area contributed by atoms with E-state index in [1.165, 1.54) is 32.1 Å². The zero-order valence-corrected chi connectivity index (χ0v) is 10.1. The molecule has 0 saturated heterocycles. The molecule has 0 aliphatic heterocycles. The summed E-state index contributed by atoms with van der Waals surface area (Å²) in [6.07, 6.45) is 8.00. The van der Waals surface area contributed by atoms with Gasteiger partial charge in [0.2, 0.25) is 0 Å². The van der Waals surface area contributed by atoms with Crippen molar-refractivity contribution >= 4 is 0 Å². The molecule has 0 aromatic heterocycles. The van der Waals surface area contributed by atoms with Crippen molar-refractivity contribution in [3.8, 4) is 0 Å². The molecule has 0 aromatic carbocycles. The largest absolute Gasteiger partial charge is 0.396 e. The van der Waals surface area contributed by atoms with Crippen LogP contribution in [0.2, 0.25) is 0 Å². The molecule has 0 aromatic rings. The minimum absolute atomic E-state index is 0.319. The van der Waals surface area contributed by atoms with E-state index >= 15 is 0 Å². The van der Waals surface area contributed by atoms with Crippen LogP contribution in [0.25, 0.3) is 0 Å². The Morgan fingerprint density at radius 2 is 1.79 bits per heavy atom. The van der Waals surface area contributed by atoms with E-state index in [1.54, 1.807) is 0 Å². The molecule has 0 heterocycles. The van der Waals surface area contributed by atoms with E-state index in [9.17, 15) is 0 Å². The number of aliphatic hydroxyl groups excluding tert-OH is 1. The van der Waals surface area contributed by atoms with E-state index in [2.05, 4.69) is 19.3 Å². The van der Waals surface area contributed by atoms with Gasteiger partial charge in [0.1, 0.15) is 0 Å². The Balaban J connectivity index is 0.000000364. The number of nitrogens with one attached hydrogen (secondary N) is 1. The van der Waals surface area contributed by atoms with Crippen LogP contribution in [-0.4, -0.2) is 24.8 Å². The van der Waals surface area contributed by atoms with E-state index in [4.69, 9.17) is 5.11 Å². The van der Waals surface area contributed by atoms with Crippen LogP contribution in [0.5, 0.6) is 0 Å². The third kappa shape index (κ3) is 6.39. The molecule has 2 unspecified atom stereocenters. The normalized spacial score (nSPS) is 27.4. The number of aliphatic hydroxyl groups is 1. The van der Waals surface area contributed by atoms with Crippen LogP contribution in [0.15, 0.2) is 0 Å².